The number of hydrogen-bond acceptors (Lipinski definition) is 4. The molecule has 0 bridgehead atoms. The summed E-state index contributed by atoms with van der Waals surface area (Å²) in [6, 6.07) is 3.97. The first-order chi connectivity index (χ1) is 12.2. The highest BCUT2D eigenvalue weighted by Crippen LogP contribution is 2.08. The first-order valence-electron chi connectivity index (χ1n) is 8.26. The van der Waals surface area contributed by atoms with E-state index in [0.717, 1.165) is 5.57 Å². The van der Waals surface area contributed by atoms with Crippen LogP contribution in [-0.2, 0) is 25.5 Å². The highest BCUT2D eigenvalue weighted by atomic mass is 19.1. The topological polar surface area (TPSA) is 84.5 Å². The van der Waals surface area contributed by atoms with Crippen LogP contribution in [0.25, 0.3) is 0 Å². The Balaban J connectivity index is 2.93. The monoisotopic (exact) mass is 364 g/mol. The van der Waals surface area contributed by atoms with E-state index in [4.69, 9.17) is 4.74 Å². The molecule has 26 heavy (non-hydrogen) atoms. The second kappa shape index (κ2) is 10.3. The number of carbonyl (C=O) groups excluding carboxylic acids is 3. The van der Waals surface area contributed by atoms with Gasteiger partial charge in [-0.3, -0.25) is 9.59 Å². The number of halogens is 1. The zero-order valence-electron chi connectivity index (χ0n) is 15.5. The fourth-order valence-corrected chi connectivity index (χ4v) is 2.34. The van der Waals surface area contributed by atoms with Crippen LogP contribution in [0.2, 0.25) is 0 Å². The van der Waals surface area contributed by atoms with Crippen molar-refractivity contribution in [2.24, 2.45) is 0 Å². The van der Waals surface area contributed by atoms with E-state index in [2.05, 4.69) is 10.6 Å². The summed E-state index contributed by atoms with van der Waals surface area (Å²) in [4.78, 5) is 35.9. The molecule has 0 unspecified atom stereocenters. The molecule has 0 saturated heterocycles. The van der Waals surface area contributed by atoms with Gasteiger partial charge in [0, 0.05) is 13.3 Å². The van der Waals surface area contributed by atoms with Gasteiger partial charge < -0.3 is 15.4 Å². The molecule has 7 heteroatoms. The van der Waals surface area contributed by atoms with E-state index in [1.165, 1.54) is 32.2 Å². The fraction of sp³-hybridized carbons (Fsp3) is 0.421. The van der Waals surface area contributed by atoms with Crippen molar-refractivity contribution in [3.63, 3.8) is 0 Å². The average molecular weight is 364 g/mol. The summed E-state index contributed by atoms with van der Waals surface area (Å²) in [5, 5.41) is 5.13. The van der Waals surface area contributed by atoms with Gasteiger partial charge in [-0.2, -0.15) is 0 Å². The number of amides is 2. The molecule has 0 heterocycles. The summed E-state index contributed by atoms with van der Waals surface area (Å²) in [5.74, 6) is -1.95. The summed E-state index contributed by atoms with van der Waals surface area (Å²) in [5.41, 5.74) is 1.55. The highest BCUT2D eigenvalue weighted by molar-refractivity contribution is 5.90. The smallest absolute Gasteiger partial charge is 0.328 e. The van der Waals surface area contributed by atoms with Crippen LogP contribution in [0.15, 0.2) is 35.9 Å². The van der Waals surface area contributed by atoms with Gasteiger partial charge in [0.15, 0.2) is 0 Å². The minimum absolute atomic E-state index is 0.0969. The van der Waals surface area contributed by atoms with Crippen LogP contribution in [0.1, 0.15) is 32.8 Å². The first-order valence-corrected chi connectivity index (χ1v) is 8.26. The third kappa shape index (κ3) is 7.46. The van der Waals surface area contributed by atoms with E-state index >= 15 is 0 Å². The zero-order valence-corrected chi connectivity index (χ0v) is 15.5. The molecule has 142 valence electrons. The molecular weight excluding hydrogens is 339 g/mol. The van der Waals surface area contributed by atoms with Crippen molar-refractivity contribution in [1.29, 1.82) is 0 Å². The second-order valence-electron chi connectivity index (χ2n) is 6.19. The lowest BCUT2D eigenvalue weighted by molar-refractivity contribution is -0.145. The van der Waals surface area contributed by atoms with Crippen molar-refractivity contribution in [2.75, 3.05) is 7.11 Å². The maximum absolute atomic E-state index is 13.4. The van der Waals surface area contributed by atoms with Gasteiger partial charge in [0.05, 0.1) is 7.11 Å². The number of rotatable bonds is 8. The Bertz CT molecular complexity index is 684. The van der Waals surface area contributed by atoms with E-state index in [9.17, 15) is 18.8 Å². The van der Waals surface area contributed by atoms with Crippen molar-refractivity contribution in [2.45, 2.75) is 45.7 Å². The van der Waals surface area contributed by atoms with Crippen LogP contribution in [0.5, 0.6) is 0 Å². The number of methoxy groups -OCH3 is 1. The highest BCUT2D eigenvalue weighted by Gasteiger charge is 2.26. The fourth-order valence-electron chi connectivity index (χ4n) is 2.34. The van der Waals surface area contributed by atoms with E-state index in [1.54, 1.807) is 6.07 Å². The number of ether oxygens (including phenoxy) is 1. The van der Waals surface area contributed by atoms with Gasteiger partial charge in [-0.15, -0.1) is 0 Å². The predicted octanol–water partition coefficient (Wildman–Crippen LogP) is 1.89. The molecule has 0 spiro atoms. The van der Waals surface area contributed by atoms with Crippen LogP contribution in [-0.4, -0.2) is 37.0 Å². The van der Waals surface area contributed by atoms with Crippen LogP contribution in [0, 0.1) is 5.82 Å². The normalized spacial score (nSPS) is 12.5. The van der Waals surface area contributed by atoms with Gasteiger partial charge >= 0.3 is 5.97 Å². The minimum Gasteiger partial charge on any atom is -0.467 e. The Hall–Kier alpha value is -2.70. The summed E-state index contributed by atoms with van der Waals surface area (Å²) >= 11 is 0. The van der Waals surface area contributed by atoms with Crippen LogP contribution in [0.3, 0.4) is 0 Å². The van der Waals surface area contributed by atoms with E-state index in [0.29, 0.717) is 5.56 Å². The largest absolute Gasteiger partial charge is 0.467 e. The molecule has 1 aromatic rings. The summed E-state index contributed by atoms with van der Waals surface area (Å²) in [6.07, 6.45) is 2.18. The molecule has 0 radical (unpaired) electrons. The number of allylic oxidation sites excluding steroid dienone is 1. The SMILES string of the molecule is COC(=O)[C@@H](CC=C(C)C)NC(=O)[C@H](Cc1cccc(F)c1)NC(C)=O. The molecule has 0 aliphatic carbocycles. The van der Waals surface area contributed by atoms with Gasteiger partial charge in [0.2, 0.25) is 11.8 Å². The average Bonchev–Trinajstić information content (AvgIpc) is 2.56. The number of carbonyl (C=O) groups is 3. The van der Waals surface area contributed by atoms with Crippen molar-refractivity contribution in [3.8, 4) is 0 Å². The van der Waals surface area contributed by atoms with E-state index in [1.807, 2.05) is 19.9 Å². The van der Waals surface area contributed by atoms with Gasteiger partial charge in [0.25, 0.3) is 0 Å². The summed E-state index contributed by atoms with van der Waals surface area (Å²) in [7, 11) is 1.24. The van der Waals surface area contributed by atoms with E-state index in [-0.39, 0.29) is 12.8 Å². The number of nitrogens with one attached hydrogen (secondary N) is 2. The standard InChI is InChI=1S/C19H25FN2O4/c1-12(2)8-9-16(19(25)26-4)22-18(24)17(21-13(3)23)11-14-6-5-7-15(20)10-14/h5-8,10,16-17H,9,11H2,1-4H3,(H,21,23)(H,22,24)/t16-,17+/m1/s1. The lowest BCUT2D eigenvalue weighted by atomic mass is 10.0. The van der Waals surface area contributed by atoms with Gasteiger partial charge in [-0.05, 0) is 38.0 Å². The maximum atomic E-state index is 13.4. The molecule has 2 amide bonds. The van der Waals surface area contributed by atoms with Crippen LogP contribution >= 0.6 is 0 Å². The zero-order chi connectivity index (χ0) is 19.7. The molecule has 6 nitrogen and oxygen atoms in total. The van der Waals surface area contributed by atoms with Gasteiger partial charge in [-0.25, -0.2) is 9.18 Å². The third-order valence-electron chi connectivity index (χ3n) is 3.59. The molecule has 0 aromatic heterocycles. The first kappa shape index (κ1) is 21.3. The van der Waals surface area contributed by atoms with Gasteiger partial charge in [-0.1, -0.05) is 23.8 Å². The molecule has 0 fully saturated rings. The molecule has 0 saturated carbocycles. The van der Waals surface area contributed by atoms with Crippen molar-refractivity contribution < 1.29 is 23.5 Å². The second-order valence-corrected chi connectivity index (χ2v) is 6.19. The lowest BCUT2D eigenvalue weighted by Gasteiger charge is -2.21. The minimum atomic E-state index is -0.937. The lowest BCUT2D eigenvalue weighted by Crippen LogP contribution is -2.52. The van der Waals surface area contributed by atoms with Crippen LogP contribution in [0.4, 0.5) is 4.39 Å². The molecule has 2 atom stereocenters. The van der Waals surface area contributed by atoms with Crippen molar-refractivity contribution >= 4 is 17.8 Å². The maximum Gasteiger partial charge on any atom is 0.328 e. The van der Waals surface area contributed by atoms with Crippen molar-refractivity contribution in [3.05, 3.63) is 47.3 Å². The summed E-state index contributed by atoms with van der Waals surface area (Å²) in [6.45, 7) is 5.03. The number of esters is 1. The molecular formula is C19H25FN2O4. The molecule has 0 aliphatic rings. The van der Waals surface area contributed by atoms with E-state index < -0.39 is 35.7 Å². The molecule has 2 N–H and O–H groups in total. The van der Waals surface area contributed by atoms with Gasteiger partial charge in [0.1, 0.15) is 17.9 Å². The third-order valence-corrected chi connectivity index (χ3v) is 3.59. The molecule has 0 aliphatic heterocycles. The Kier molecular flexibility index (Phi) is 8.48. The Morgan fingerprint density at radius 1 is 1.15 bits per heavy atom. The quantitative estimate of drug-likeness (QED) is 0.545. The van der Waals surface area contributed by atoms with Crippen molar-refractivity contribution in [1.82, 2.24) is 10.6 Å². The Morgan fingerprint density at radius 2 is 1.85 bits per heavy atom. The molecule has 1 rings (SSSR count). The predicted molar refractivity (Wildman–Crippen MR) is 95.7 cm³/mol. The number of hydrogen-bond donors (Lipinski definition) is 2. The Morgan fingerprint density at radius 3 is 2.38 bits per heavy atom. The molecule has 1 aromatic carbocycles. The summed E-state index contributed by atoms with van der Waals surface area (Å²) < 4.78 is 18.1. The Labute approximate surface area is 152 Å². The number of benzene rings is 1. The van der Waals surface area contributed by atoms with Crippen LogP contribution < -0.4 is 10.6 Å².